The molecule has 0 bridgehead atoms. The lowest BCUT2D eigenvalue weighted by Crippen LogP contribution is -2.18. The van der Waals surface area contributed by atoms with Crippen LogP contribution in [0.5, 0.6) is 0 Å². The van der Waals surface area contributed by atoms with Gasteiger partial charge in [-0.3, -0.25) is 9.59 Å². The number of aromatic nitrogens is 2. The number of hydrogen-bond acceptors (Lipinski definition) is 5. The van der Waals surface area contributed by atoms with Crippen LogP contribution < -0.4 is 5.32 Å². The maximum absolute atomic E-state index is 12.5. The summed E-state index contributed by atoms with van der Waals surface area (Å²) in [5.41, 5.74) is 1.64. The van der Waals surface area contributed by atoms with Gasteiger partial charge in [0.25, 0.3) is 0 Å². The highest BCUT2D eigenvalue weighted by atomic mass is 35.5. The van der Waals surface area contributed by atoms with Gasteiger partial charge in [0, 0.05) is 36.5 Å². The summed E-state index contributed by atoms with van der Waals surface area (Å²) in [6, 6.07) is 13.7. The average molecular weight is 454 g/mol. The van der Waals surface area contributed by atoms with E-state index >= 15 is 0 Å². The molecule has 0 aliphatic heterocycles. The smallest absolute Gasteiger partial charge is 0.307 e. The molecule has 0 radical (unpaired) electrons. The third kappa shape index (κ3) is 6.29. The standard InChI is InChI=1S/C23H17Cl2N3O3/c24-18-6-2-7-19(25)21(18)20(29)14-16(22(30)31)5-1-4-15-8-10-17(11-9-15)28-23-26-12-3-13-27-23/h2-3,6-13,16H,5,14H2,(H,30,31)(H,26,27,28). The van der Waals surface area contributed by atoms with Gasteiger partial charge in [0.15, 0.2) is 5.78 Å². The fourth-order valence-electron chi connectivity index (χ4n) is 2.74. The van der Waals surface area contributed by atoms with E-state index in [9.17, 15) is 14.7 Å². The highest BCUT2D eigenvalue weighted by molar-refractivity contribution is 6.39. The first kappa shape index (κ1) is 22.3. The first-order valence-corrected chi connectivity index (χ1v) is 10.0. The Labute approximate surface area is 189 Å². The summed E-state index contributed by atoms with van der Waals surface area (Å²) in [6.07, 6.45) is 3.05. The summed E-state index contributed by atoms with van der Waals surface area (Å²) >= 11 is 12.1. The van der Waals surface area contributed by atoms with Gasteiger partial charge in [0.1, 0.15) is 0 Å². The van der Waals surface area contributed by atoms with Crippen molar-refractivity contribution in [3.8, 4) is 11.8 Å². The van der Waals surface area contributed by atoms with Crippen LogP contribution in [-0.4, -0.2) is 26.8 Å². The number of halogens is 2. The Morgan fingerprint density at radius 1 is 1.00 bits per heavy atom. The Kier molecular flexibility index (Phi) is 7.60. The van der Waals surface area contributed by atoms with Crippen molar-refractivity contribution in [2.45, 2.75) is 12.8 Å². The Morgan fingerprint density at radius 3 is 2.26 bits per heavy atom. The highest BCUT2D eigenvalue weighted by Crippen LogP contribution is 2.27. The van der Waals surface area contributed by atoms with Crippen molar-refractivity contribution < 1.29 is 14.7 Å². The van der Waals surface area contributed by atoms with Gasteiger partial charge in [-0.2, -0.15) is 0 Å². The Balaban J connectivity index is 1.63. The third-order valence-electron chi connectivity index (χ3n) is 4.31. The zero-order valence-electron chi connectivity index (χ0n) is 16.2. The van der Waals surface area contributed by atoms with E-state index in [0.717, 1.165) is 5.69 Å². The molecule has 0 fully saturated rings. The van der Waals surface area contributed by atoms with Gasteiger partial charge in [0.2, 0.25) is 5.95 Å². The van der Waals surface area contributed by atoms with Crippen molar-refractivity contribution >= 4 is 46.6 Å². The van der Waals surface area contributed by atoms with Gasteiger partial charge in [-0.15, -0.1) is 0 Å². The molecule has 6 nitrogen and oxygen atoms in total. The molecule has 1 aromatic heterocycles. The molecule has 3 aromatic rings. The first-order chi connectivity index (χ1) is 14.9. The number of hydrogen-bond donors (Lipinski definition) is 2. The SMILES string of the molecule is O=C(CC(CC#Cc1ccc(Nc2ncccn2)cc1)C(=O)O)c1c(Cl)cccc1Cl. The number of aliphatic carboxylic acids is 1. The number of rotatable bonds is 7. The molecule has 31 heavy (non-hydrogen) atoms. The van der Waals surface area contributed by atoms with Crippen molar-refractivity contribution in [1.82, 2.24) is 9.97 Å². The molecular weight excluding hydrogens is 437 g/mol. The molecule has 0 saturated carbocycles. The number of Topliss-reactive ketones (excluding diaryl/α,β-unsaturated/α-hetero) is 1. The molecule has 1 atom stereocenters. The van der Waals surface area contributed by atoms with Crippen LogP contribution >= 0.6 is 23.2 Å². The van der Waals surface area contributed by atoms with Crippen LogP contribution in [0, 0.1) is 17.8 Å². The van der Waals surface area contributed by atoms with Crippen molar-refractivity contribution in [1.29, 1.82) is 0 Å². The molecule has 0 spiro atoms. The van der Waals surface area contributed by atoms with E-state index in [1.54, 1.807) is 48.8 Å². The molecule has 0 saturated heterocycles. The molecule has 0 amide bonds. The van der Waals surface area contributed by atoms with Crippen LogP contribution in [0.1, 0.15) is 28.8 Å². The molecule has 1 heterocycles. The van der Waals surface area contributed by atoms with E-state index in [1.807, 2.05) is 12.1 Å². The predicted octanol–water partition coefficient (Wildman–Crippen LogP) is 5.24. The predicted molar refractivity (Wildman–Crippen MR) is 120 cm³/mol. The minimum absolute atomic E-state index is 0.0149. The van der Waals surface area contributed by atoms with E-state index in [1.165, 1.54) is 0 Å². The lowest BCUT2D eigenvalue weighted by Gasteiger charge is -2.10. The quantitative estimate of drug-likeness (QED) is 0.375. The third-order valence-corrected chi connectivity index (χ3v) is 4.94. The summed E-state index contributed by atoms with van der Waals surface area (Å²) in [6.45, 7) is 0. The number of nitrogens with zero attached hydrogens (tertiary/aromatic N) is 2. The lowest BCUT2D eigenvalue weighted by molar-refractivity contribution is -0.141. The Hall–Kier alpha value is -3.40. The summed E-state index contributed by atoms with van der Waals surface area (Å²) < 4.78 is 0. The molecule has 8 heteroatoms. The fourth-order valence-corrected chi connectivity index (χ4v) is 3.35. The van der Waals surface area contributed by atoms with Crippen molar-refractivity contribution in [2.75, 3.05) is 5.32 Å². The number of carbonyl (C=O) groups excluding carboxylic acids is 1. The number of carboxylic acid groups (broad SMARTS) is 1. The fraction of sp³-hybridized carbons (Fsp3) is 0.130. The average Bonchev–Trinajstić information content (AvgIpc) is 2.75. The van der Waals surface area contributed by atoms with E-state index in [0.29, 0.717) is 11.5 Å². The molecule has 0 aliphatic rings. The van der Waals surface area contributed by atoms with Crippen LogP contribution in [-0.2, 0) is 4.79 Å². The van der Waals surface area contributed by atoms with Gasteiger partial charge in [-0.05, 0) is 42.5 Å². The molecule has 156 valence electrons. The number of nitrogens with one attached hydrogen (secondary N) is 1. The summed E-state index contributed by atoms with van der Waals surface area (Å²) in [5.74, 6) is 3.75. The minimum atomic E-state index is -1.10. The zero-order valence-corrected chi connectivity index (χ0v) is 17.7. The number of ketones is 1. The Morgan fingerprint density at radius 2 is 1.65 bits per heavy atom. The lowest BCUT2D eigenvalue weighted by atomic mass is 9.95. The largest absolute Gasteiger partial charge is 0.481 e. The molecule has 0 aliphatic carbocycles. The second kappa shape index (κ2) is 10.6. The normalized spacial score (nSPS) is 11.2. The number of carbonyl (C=O) groups is 2. The summed E-state index contributed by atoms with van der Waals surface area (Å²) in [4.78, 5) is 32.3. The summed E-state index contributed by atoms with van der Waals surface area (Å²) in [7, 11) is 0. The van der Waals surface area contributed by atoms with Crippen LogP contribution in [0.3, 0.4) is 0 Å². The van der Waals surface area contributed by atoms with Gasteiger partial charge in [-0.25, -0.2) is 9.97 Å². The van der Waals surface area contributed by atoms with Crippen molar-refractivity contribution in [2.24, 2.45) is 5.92 Å². The van der Waals surface area contributed by atoms with E-state index in [4.69, 9.17) is 23.2 Å². The van der Waals surface area contributed by atoms with Gasteiger partial charge < -0.3 is 10.4 Å². The monoisotopic (exact) mass is 453 g/mol. The minimum Gasteiger partial charge on any atom is -0.481 e. The van der Waals surface area contributed by atoms with Gasteiger partial charge in [-0.1, -0.05) is 41.1 Å². The second-order valence-electron chi connectivity index (χ2n) is 6.54. The number of benzene rings is 2. The van der Waals surface area contributed by atoms with Gasteiger partial charge in [0.05, 0.1) is 21.5 Å². The van der Waals surface area contributed by atoms with Crippen LogP contribution in [0.2, 0.25) is 10.0 Å². The first-order valence-electron chi connectivity index (χ1n) is 9.27. The molecule has 3 rings (SSSR count). The molecule has 1 unspecified atom stereocenters. The van der Waals surface area contributed by atoms with Crippen LogP contribution in [0.25, 0.3) is 0 Å². The summed E-state index contributed by atoms with van der Waals surface area (Å²) in [5, 5.41) is 12.9. The number of carboxylic acids is 1. The number of anilines is 2. The van der Waals surface area contributed by atoms with Crippen LogP contribution in [0.4, 0.5) is 11.6 Å². The van der Waals surface area contributed by atoms with E-state index in [-0.39, 0.29) is 28.5 Å². The van der Waals surface area contributed by atoms with E-state index < -0.39 is 17.7 Å². The van der Waals surface area contributed by atoms with Gasteiger partial charge >= 0.3 is 5.97 Å². The Bertz CT molecular complexity index is 1120. The molecule has 2 N–H and O–H groups in total. The molecule has 2 aromatic carbocycles. The zero-order chi connectivity index (χ0) is 22.2. The van der Waals surface area contributed by atoms with Crippen LogP contribution in [0.15, 0.2) is 60.9 Å². The van der Waals surface area contributed by atoms with E-state index in [2.05, 4.69) is 27.1 Å². The molecular formula is C23H17Cl2N3O3. The van der Waals surface area contributed by atoms with Crippen molar-refractivity contribution in [3.05, 3.63) is 82.1 Å². The topological polar surface area (TPSA) is 92.2 Å². The van der Waals surface area contributed by atoms with Crippen molar-refractivity contribution in [3.63, 3.8) is 0 Å². The maximum atomic E-state index is 12.5. The maximum Gasteiger partial charge on any atom is 0.307 e. The highest BCUT2D eigenvalue weighted by Gasteiger charge is 2.23. The second-order valence-corrected chi connectivity index (χ2v) is 7.35.